The number of hydrogen-bond acceptors (Lipinski definition) is 5. The van der Waals surface area contributed by atoms with Crippen LogP contribution in [0, 0.1) is 18.8 Å². The van der Waals surface area contributed by atoms with E-state index in [-0.39, 0.29) is 23.7 Å². The molecule has 1 fully saturated rings. The lowest BCUT2D eigenvalue weighted by molar-refractivity contribution is -0.126. The van der Waals surface area contributed by atoms with Gasteiger partial charge in [-0.1, -0.05) is 24.6 Å². The number of benzene rings is 2. The van der Waals surface area contributed by atoms with E-state index in [4.69, 9.17) is 9.15 Å². The van der Waals surface area contributed by atoms with Crippen LogP contribution < -0.4 is 5.32 Å². The fraction of sp³-hybridized carbons (Fsp3) is 0.423. The molecule has 1 saturated heterocycles. The van der Waals surface area contributed by atoms with Crippen LogP contribution in [-0.2, 0) is 9.53 Å². The van der Waals surface area contributed by atoms with Gasteiger partial charge in [0.2, 0.25) is 11.8 Å². The van der Waals surface area contributed by atoms with Gasteiger partial charge in [-0.15, -0.1) is 0 Å². The summed E-state index contributed by atoms with van der Waals surface area (Å²) in [5, 5.41) is 2.91. The number of carbonyl (C=O) groups excluding carboxylic acids is 2. The number of rotatable bonds is 7. The third-order valence-electron chi connectivity index (χ3n) is 6.49. The highest BCUT2D eigenvalue weighted by atomic mass is 16.5. The van der Waals surface area contributed by atoms with Crippen LogP contribution in [0.25, 0.3) is 22.6 Å². The van der Waals surface area contributed by atoms with Crippen LogP contribution in [0.5, 0.6) is 0 Å². The number of aromatic nitrogens is 1. The molecule has 7 heteroatoms. The van der Waals surface area contributed by atoms with Gasteiger partial charge in [0.15, 0.2) is 5.58 Å². The number of methoxy groups -OCH3 is 1. The summed E-state index contributed by atoms with van der Waals surface area (Å²) in [5.41, 5.74) is 4.02. The first-order chi connectivity index (χ1) is 16.0. The first kappa shape index (κ1) is 23.0. The molecule has 0 bridgehead atoms. The molecule has 0 saturated carbocycles. The Hall–Kier alpha value is -3.19. The lowest BCUT2D eigenvalue weighted by atomic mass is 9.84. The molecule has 0 radical (unpaired) electrons. The van der Waals surface area contributed by atoms with Crippen molar-refractivity contribution in [3.05, 3.63) is 53.6 Å². The fourth-order valence-corrected chi connectivity index (χ4v) is 4.32. The maximum atomic E-state index is 13.1. The van der Waals surface area contributed by atoms with Gasteiger partial charge in [-0.05, 0) is 56.0 Å². The Balaban J connectivity index is 1.39. The molecule has 1 N–H and O–H groups in total. The second-order valence-corrected chi connectivity index (χ2v) is 8.77. The number of piperidine rings is 1. The molecule has 1 atom stereocenters. The molecule has 0 aliphatic carbocycles. The van der Waals surface area contributed by atoms with E-state index in [2.05, 4.69) is 10.3 Å². The number of amides is 2. The van der Waals surface area contributed by atoms with E-state index in [0.29, 0.717) is 48.8 Å². The number of carbonyl (C=O) groups is 2. The van der Waals surface area contributed by atoms with Gasteiger partial charge in [0.1, 0.15) is 5.52 Å². The molecule has 33 heavy (non-hydrogen) atoms. The highest BCUT2D eigenvalue weighted by Gasteiger charge is 2.30. The van der Waals surface area contributed by atoms with E-state index in [1.54, 1.807) is 19.2 Å². The van der Waals surface area contributed by atoms with Crippen molar-refractivity contribution in [2.75, 3.05) is 33.4 Å². The van der Waals surface area contributed by atoms with E-state index >= 15 is 0 Å². The standard InChI is InChI=1S/C26H31N3O4/c1-17-4-6-20(7-5-17)25-28-22-16-21(8-9-23(22)33-25)26(31)29-13-10-19(11-14-29)18(2)24(30)27-12-15-32-3/h4-9,16,18-19H,10-15H2,1-3H3,(H,27,30). The van der Waals surface area contributed by atoms with Crippen LogP contribution in [0.3, 0.4) is 0 Å². The van der Waals surface area contributed by atoms with Crippen molar-refractivity contribution in [2.24, 2.45) is 11.8 Å². The molecule has 1 unspecified atom stereocenters. The topological polar surface area (TPSA) is 84.7 Å². The maximum Gasteiger partial charge on any atom is 0.253 e. The van der Waals surface area contributed by atoms with Crippen LogP contribution in [0.4, 0.5) is 0 Å². The third-order valence-corrected chi connectivity index (χ3v) is 6.49. The first-order valence-electron chi connectivity index (χ1n) is 11.5. The van der Waals surface area contributed by atoms with Gasteiger partial charge in [-0.3, -0.25) is 9.59 Å². The third kappa shape index (κ3) is 5.25. The average Bonchev–Trinajstić information content (AvgIpc) is 3.27. The Labute approximate surface area is 194 Å². The molecule has 1 aromatic heterocycles. The summed E-state index contributed by atoms with van der Waals surface area (Å²) in [5.74, 6) is 0.788. The zero-order valence-electron chi connectivity index (χ0n) is 19.5. The summed E-state index contributed by atoms with van der Waals surface area (Å²) in [6.45, 7) is 6.32. The predicted molar refractivity (Wildman–Crippen MR) is 127 cm³/mol. The lowest BCUT2D eigenvalue weighted by Gasteiger charge is -2.34. The maximum absolute atomic E-state index is 13.1. The zero-order valence-corrected chi connectivity index (χ0v) is 19.5. The molecule has 2 amide bonds. The predicted octanol–water partition coefficient (Wildman–Crippen LogP) is 4.05. The van der Waals surface area contributed by atoms with Crippen LogP contribution in [-0.4, -0.2) is 55.0 Å². The minimum Gasteiger partial charge on any atom is -0.436 e. The van der Waals surface area contributed by atoms with Crippen molar-refractivity contribution in [1.82, 2.24) is 15.2 Å². The van der Waals surface area contributed by atoms with Gasteiger partial charge >= 0.3 is 0 Å². The van der Waals surface area contributed by atoms with Crippen molar-refractivity contribution in [3.8, 4) is 11.5 Å². The molecule has 3 aromatic rings. The van der Waals surface area contributed by atoms with Crippen molar-refractivity contribution in [3.63, 3.8) is 0 Å². The summed E-state index contributed by atoms with van der Waals surface area (Å²) < 4.78 is 10.9. The van der Waals surface area contributed by atoms with Crippen molar-refractivity contribution in [1.29, 1.82) is 0 Å². The smallest absolute Gasteiger partial charge is 0.253 e. The second kappa shape index (κ2) is 10.2. The zero-order chi connectivity index (χ0) is 23.4. The van der Waals surface area contributed by atoms with Gasteiger partial charge in [0.05, 0.1) is 6.61 Å². The van der Waals surface area contributed by atoms with E-state index in [9.17, 15) is 9.59 Å². The molecule has 2 aromatic carbocycles. The number of fused-ring (bicyclic) bond motifs is 1. The Morgan fingerprint density at radius 3 is 2.61 bits per heavy atom. The molecule has 0 spiro atoms. The number of oxazole rings is 1. The molecular formula is C26H31N3O4. The normalized spacial score (nSPS) is 15.5. The largest absolute Gasteiger partial charge is 0.436 e. The summed E-state index contributed by atoms with van der Waals surface area (Å²) in [4.78, 5) is 31.9. The minimum atomic E-state index is -0.0780. The fourth-order valence-electron chi connectivity index (χ4n) is 4.32. The lowest BCUT2D eigenvalue weighted by Crippen LogP contribution is -2.43. The minimum absolute atomic E-state index is 0.00700. The highest BCUT2D eigenvalue weighted by molar-refractivity contribution is 5.97. The van der Waals surface area contributed by atoms with Gasteiger partial charge in [-0.2, -0.15) is 0 Å². The summed E-state index contributed by atoms with van der Waals surface area (Å²) in [6.07, 6.45) is 1.63. The second-order valence-electron chi connectivity index (χ2n) is 8.77. The van der Waals surface area contributed by atoms with Crippen LogP contribution in [0.2, 0.25) is 0 Å². The van der Waals surface area contributed by atoms with Crippen LogP contribution >= 0.6 is 0 Å². The summed E-state index contributed by atoms with van der Waals surface area (Å²) in [7, 11) is 1.62. The SMILES string of the molecule is COCCNC(=O)C(C)C1CCN(C(=O)c2ccc3oc(-c4ccc(C)cc4)nc3c2)CC1. The van der Waals surface area contributed by atoms with Crippen molar-refractivity contribution >= 4 is 22.9 Å². The molecule has 4 rings (SSSR count). The van der Waals surface area contributed by atoms with Gasteiger partial charge in [-0.25, -0.2) is 4.98 Å². The Bertz CT molecular complexity index is 1110. The van der Waals surface area contributed by atoms with Crippen molar-refractivity contribution < 1.29 is 18.7 Å². The summed E-state index contributed by atoms with van der Waals surface area (Å²) >= 11 is 0. The Morgan fingerprint density at radius 1 is 1.18 bits per heavy atom. The van der Waals surface area contributed by atoms with Gasteiger partial charge in [0.25, 0.3) is 5.91 Å². The Kier molecular flexibility index (Phi) is 7.08. The first-order valence-corrected chi connectivity index (χ1v) is 11.5. The van der Waals surface area contributed by atoms with Crippen molar-refractivity contribution in [2.45, 2.75) is 26.7 Å². The molecule has 7 nitrogen and oxygen atoms in total. The molecule has 174 valence electrons. The van der Waals surface area contributed by atoms with Crippen LogP contribution in [0.1, 0.15) is 35.7 Å². The number of aryl methyl sites for hydroxylation is 1. The number of hydrogen-bond donors (Lipinski definition) is 1. The molecule has 2 heterocycles. The van der Waals surface area contributed by atoms with E-state index in [1.807, 2.05) is 49.1 Å². The number of nitrogens with zero attached hydrogens (tertiary/aromatic N) is 2. The number of nitrogens with one attached hydrogen (secondary N) is 1. The average molecular weight is 450 g/mol. The van der Waals surface area contributed by atoms with Gasteiger partial charge < -0.3 is 19.4 Å². The Morgan fingerprint density at radius 2 is 1.91 bits per heavy atom. The van der Waals surface area contributed by atoms with Crippen LogP contribution in [0.15, 0.2) is 46.9 Å². The van der Waals surface area contributed by atoms with E-state index < -0.39 is 0 Å². The molecule has 1 aliphatic rings. The quantitative estimate of drug-likeness (QED) is 0.550. The highest BCUT2D eigenvalue weighted by Crippen LogP contribution is 2.28. The number of ether oxygens (including phenoxy) is 1. The van der Waals surface area contributed by atoms with Gasteiger partial charge in [0, 0.05) is 43.8 Å². The molecular weight excluding hydrogens is 418 g/mol. The summed E-state index contributed by atoms with van der Waals surface area (Å²) in [6, 6.07) is 13.4. The molecule has 1 aliphatic heterocycles. The number of likely N-dealkylation sites (tertiary alicyclic amines) is 1. The van der Waals surface area contributed by atoms with E-state index in [1.165, 1.54) is 5.56 Å². The van der Waals surface area contributed by atoms with E-state index in [0.717, 1.165) is 18.4 Å². The monoisotopic (exact) mass is 449 g/mol.